The molecular weight excluding hydrogens is 576 g/mol. The number of benzene rings is 4. The highest BCUT2D eigenvalue weighted by atomic mass is 16.5. The van der Waals surface area contributed by atoms with Gasteiger partial charge in [-0.2, -0.15) is 0 Å². The summed E-state index contributed by atoms with van der Waals surface area (Å²) in [5, 5.41) is 2.36. The normalized spacial score (nSPS) is 15.9. The summed E-state index contributed by atoms with van der Waals surface area (Å²) < 4.78 is 8.86. The number of aryl methyl sites for hydroxylation is 2. The van der Waals surface area contributed by atoms with Crippen LogP contribution in [0.25, 0.3) is 33.3 Å². The number of allylic oxidation sites excluding steroid dienone is 2. The molecule has 0 fully saturated rings. The molecule has 4 aromatic carbocycles. The summed E-state index contributed by atoms with van der Waals surface area (Å²) >= 11 is 0. The van der Waals surface area contributed by atoms with E-state index in [1.54, 1.807) is 0 Å². The fourth-order valence-corrected chi connectivity index (χ4v) is 6.88. The molecule has 1 unspecified atom stereocenters. The Balaban J connectivity index is 1.17. The zero-order valence-corrected chi connectivity index (χ0v) is 27.5. The largest absolute Gasteiger partial charge is 0.457 e. The molecule has 4 heterocycles. The molecule has 0 aliphatic carbocycles. The highest BCUT2D eigenvalue weighted by Crippen LogP contribution is 2.39. The van der Waals surface area contributed by atoms with Crippen LogP contribution in [0.1, 0.15) is 43.0 Å². The lowest BCUT2D eigenvalue weighted by Crippen LogP contribution is -2.36. The molecule has 2 aromatic heterocycles. The standard InChI is InChI=1S/C42H38N4O/c1-28-21-29(2)23-32(22-28)45-27-39(44-20-9-8-15-41(44)45)30-11-10-12-33(24-30)47-34-16-17-36-35-13-6-7-14-37(35)46(38(36)26-34)40-25-31(18-19-43-40)42(3,4)5/h6-27,41H,1-5H3. The predicted octanol–water partition coefficient (Wildman–Crippen LogP) is 10.4. The topological polar surface area (TPSA) is 33.5 Å². The lowest BCUT2D eigenvalue weighted by Gasteiger charge is -2.31. The number of para-hydroxylation sites is 1. The van der Waals surface area contributed by atoms with Gasteiger partial charge in [0.15, 0.2) is 0 Å². The van der Waals surface area contributed by atoms with Crippen LogP contribution in [0.3, 0.4) is 0 Å². The highest BCUT2D eigenvalue weighted by Gasteiger charge is 2.32. The van der Waals surface area contributed by atoms with Crippen LogP contribution in [0.4, 0.5) is 5.69 Å². The van der Waals surface area contributed by atoms with E-state index in [2.05, 4.69) is 171 Å². The van der Waals surface area contributed by atoms with Crippen LogP contribution in [0.15, 0.2) is 134 Å². The first-order valence-corrected chi connectivity index (χ1v) is 16.2. The van der Waals surface area contributed by atoms with E-state index in [0.29, 0.717) is 0 Å². The average molecular weight is 615 g/mol. The maximum atomic E-state index is 6.61. The monoisotopic (exact) mass is 614 g/mol. The van der Waals surface area contributed by atoms with Gasteiger partial charge in [-0.25, -0.2) is 4.98 Å². The van der Waals surface area contributed by atoms with E-state index in [9.17, 15) is 0 Å². The Hall–Kier alpha value is -5.55. The minimum atomic E-state index is 0.0147. The van der Waals surface area contributed by atoms with Gasteiger partial charge < -0.3 is 14.5 Å². The molecule has 0 N–H and O–H groups in total. The molecule has 0 saturated heterocycles. The van der Waals surface area contributed by atoms with Crippen molar-refractivity contribution in [1.82, 2.24) is 14.5 Å². The summed E-state index contributed by atoms with van der Waals surface area (Å²) in [5.41, 5.74) is 9.37. The molecule has 8 rings (SSSR count). The molecule has 5 heteroatoms. The molecule has 2 aliphatic heterocycles. The summed E-state index contributed by atoms with van der Waals surface area (Å²) in [4.78, 5) is 9.50. The number of pyridine rings is 1. The summed E-state index contributed by atoms with van der Waals surface area (Å²) in [7, 11) is 0. The third-order valence-electron chi connectivity index (χ3n) is 9.11. The fourth-order valence-electron chi connectivity index (χ4n) is 6.88. The summed E-state index contributed by atoms with van der Waals surface area (Å²) in [6.45, 7) is 11.0. The van der Waals surface area contributed by atoms with Crippen molar-refractivity contribution in [1.29, 1.82) is 0 Å². The third-order valence-corrected chi connectivity index (χ3v) is 9.11. The van der Waals surface area contributed by atoms with Crippen molar-refractivity contribution >= 4 is 33.2 Å². The lowest BCUT2D eigenvalue weighted by atomic mass is 9.88. The Kier molecular flexibility index (Phi) is 6.80. The Morgan fingerprint density at radius 3 is 2.32 bits per heavy atom. The van der Waals surface area contributed by atoms with Crippen molar-refractivity contribution in [3.63, 3.8) is 0 Å². The molecule has 0 spiro atoms. The van der Waals surface area contributed by atoms with Crippen LogP contribution in [0.2, 0.25) is 0 Å². The van der Waals surface area contributed by atoms with Crippen molar-refractivity contribution in [3.05, 3.63) is 156 Å². The van der Waals surface area contributed by atoms with Crippen molar-refractivity contribution in [3.8, 4) is 17.3 Å². The smallest absolute Gasteiger partial charge is 0.137 e. The van der Waals surface area contributed by atoms with Crippen LogP contribution >= 0.6 is 0 Å². The minimum absolute atomic E-state index is 0.0147. The number of hydrogen-bond acceptors (Lipinski definition) is 4. The van der Waals surface area contributed by atoms with Crippen molar-refractivity contribution in [2.45, 2.75) is 46.2 Å². The Morgan fingerprint density at radius 2 is 1.49 bits per heavy atom. The van der Waals surface area contributed by atoms with Crippen molar-refractivity contribution in [2.24, 2.45) is 0 Å². The highest BCUT2D eigenvalue weighted by molar-refractivity contribution is 6.09. The van der Waals surface area contributed by atoms with Crippen LogP contribution in [0.5, 0.6) is 11.5 Å². The van der Waals surface area contributed by atoms with E-state index in [0.717, 1.165) is 39.6 Å². The van der Waals surface area contributed by atoms with E-state index < -0.39 is 0 Å². The predicted molar refractivity (Wildman–Crippen MR) is 194 cm³/mol. The first-order valence-electron chi connectivity index (χ1n) is 16.2. The lowest BCUT2D eigenvalue weighted by molar-refractivity contribution is 0.470. The Labute approximate surface area is 276 Å². The van der Waals surface area contributed by atoms with Crippen molar-refractivity contribution < 1.29 is 4.74 Å². The van der Waals surface area contributed by atoms with Gasteiger partial charge in [0.05, 0.1) is 16.7 Å². The van der Waals surface area contributed by atoms with Gasteiger partial charge in [0.1, 0.15) is 23.5 Å². The van der Waals surface area contributed by atoms with Crippen LogP contribution in [-0.2, 0) is 5.41 Å². The summed E-state index contributed by atoms with van der Waals surface area (Å²) in [6.07, 6.45) is 12.9. The van der Waals surface area contributed by atoms with Crippen LogP contribution < -0.4 is 9.64 Å². The number of anilines is 1. The second-order valence-electron chi connectivity index (χ2n) is 13.6. The number of aromatic nitrogens is 2. The number of nitrogens with zero attached hydrogens (tertiary/aromatic N) is 4. The quantitative estimate of drug-likeness (QED) is 0.193. The molecule has 0 radical (unpaired) electrons. The Bertz CT molecular complexity index is 2240. The number of rotatable bonds is 5. The fraction of sp³-hybridized carbons (Fsp3) is 0.167. The first kappa shape index (κ1) is 28.9. The first-order chi connectivity index (χ1) is 22.7. The average Bonchev–Trinajstić information content (AvgIpc) is 3.60. The number of ether oxygens (including phenoxy) is 1. The summed E-state index contributed by atoms with van der Waals surface area (Å²) in [5.74, 6) is 2.47. The molecule has 2 aliphatic rings. The molecule has 0 saturated carbocycles. The van der Waals surface area contributed by atoms with Gasteiger partial charge in [-0.3, -0.25) is 4.57 Å². The van der Waals surface area contributed by atoms with E-state index in [1.165, 1.54) is 33.2 Å². The minimum Gasteiger partial charge on any atom is -0.457 e. The van der Waals surface area contributed by atoms with Gasteiger partial charge in [0.2, 0.25) is 0 Å². The molecule has 47 heavy (non-hydrogen) atoms. The van der Waals surface area contributed by atoms with Gasteiger partial charge in [-0.05, 0) is 103 Å². The molecule has 0 bridgehead atoms. The number of hydrogen-bond donors (Lipinski definition) is 0. The van der Waals surface area contributed by atoms with Gasteiger partial charge in [0.25, 0.3) is 0 Å². The summed E-state index contributed by atoms with van der Waals surface area (Å²) in [6, 6.07) is 34.3. The van der Waals surface area contributed by atoms with E-state index >= 15 is 0 Å². The molecular formula is C42H38N4O. The van der Waals surface area contributed by atoms with E-state index in [1.807, 2.05) is 12.3 Å². The van der Waals surface area contributed by atoms with Gasteiger partial charge in [-0.15, -0.1) is 0 Å². The van der Waals surface area contributed by atoms with E-state index in [4.69, 9.17) is 9.72 Å². The molecule has 1 atom stereocenters. The maximum absolute atomic E-state index is 6.61. The second-order valence-corrected chi connectivity index (χ2v) is 13.6. The van der Waals surface area contributed by atoms with Gasteiger partial charge in [-0.1, -0.05) is 63.2 Å². The second kappa shape index (κ2) is 11.1. The van der Waals surface area contributed by atoms with Crippen LogP contribution in [0, 0.1) is 13.8 Å². The molecule has 232 valence electrons. The molecule has 5 nitrogen and oxygen atoms in total. The molecule has 6 aromatic rings. The van der Waals surface area contributed by atoms with Gasteiger partial charge in [0, 0.05) is 46.7 Å². The Morgan fingerprint density at radius 1 is 0.702 bits per heavy atom. The molecule has 0 amide bonds. The van der Waals surface area contributed by atoms with E-state index in [-0.39, 0.29) is 11.6 Å². The van der Waals surface area contributed by atoms with Crippen molar-refractivity contribution in [2.75, 3.05) is 4.90 Å². The maximum Gasteiger partial charge on any atom is 0.137 e. The van der Waals surface area contributed by atoms with Crippen LogP contribution in [-0.4, -0.2) is 20.6 Å². The SMILES string of the molecule is Cc1cc(C)cc(N2C=C(c3cccc(Oc4ccc5c6ccccc6n(-c6cc(C(C)(C)C)ccn6)c5c4)c3)N3C=CC=CC32)c1. The zero-order chi connectivity index (χ0) is 32.3. The van der Waals surface area contributed by atoms with Gasteiger partial charge >= 0.3 is 0 Å². The third kappa shape index (κ3) is 5.18. The zero-order valence-electron chi connectivity index (χ0n) is 27.5. The number of fused-ring (bicyclic) bond motifs is 4.